The number of carbonyl (C=O) groups is 1. The van der Waals surface area contributed by atoms with Crippen molar-refractivity contribution >= 4 is 21.8 Å². The van der Waals surface area contributed by atoms with E-state index in [1.54, 1.807) is 0 Å². The van der Waals surface area contributed by atoms with Crippen LogP contribution in [0.1, 0.15) is 37.8 Å². The second-order valence-corrected chi connectivity index (χ2v) is 6.06. The first kappa shape index (κ1) is 14.4. The molecule has 1 N–H and O–H groups in total. The lowest BCUT2D eigenvalue weighted by molar-refractivity contribution is -0.122. The molecule has 0 aromatic heterocycles. The number of ether oxygens (including phenoxy) is 1. The average molecular weight is 326 g/mol. The van der Waals surface area contributed by atoms with Crippen LogP contribution in [0.15, 0.2) is 16.6 Å². The minimum absolute atomic E-state index is 0.112. The highest BCUT2D eigenvalue weighted by Gasteiger charge is 2.18. The van der Waals surface area contributed by atoms with Gasteiger partial charge in [0.25, 0.3) is 0 Å². The number of hydrogen-bond acceptors (Lipinski definition) is 2. The van der Waals surface area contributed by atoms with E-state index in [2.05, 4.69) is 41.2 Å². The fraction of sp³-hybridized carbons (Fsp3) is 0.533. The quantitative estimate of drug-likeness (QED) is 0.900. The maximum absolute atomic E-state index is 11.8. The Balaban J connectivity index is 1.98. The van der Waals surface area contributed by atoms with Crippen molar-refractivity contribution in [1.29, 1.82) is 0 Å². The molecule has 1 heterocycles. The molecule has 0 radical (unpaired) electrons. The molecule has 1 aliphatic rings. The summed E-state index contributed by atoms with van der Waals surface area (Å²) in [6, 6.07) is 4.11. The SMILES string of the molecule is CCC(C)CC(=O)NCc1cc(Br)cc2c1OCC2. The molecule has 1 amide bonds. The zero-order chi connectivity index (χ0) is 13.8. The summed E-state index contributed by atoms with van der Waals surface area (Å²) in [5.41, 5.74) is 2.28. The van der Waals surface area contributed by atoms with Crippen molar-refractivity contribution in [2.24, 2.45) is 5.92 Å². The van der Waals surface area contributed by atoms with E-state index in [9.17, 15) is 4.79 Å². The lowest BCUT2D eigenvalue weighted by atomic mass is 10.0. The zero-order valence-corrected chi connectivity index (χ0v) is 13.0. The van der Waals surface area contributed by atoms with E-state index in [0.717, 1.165) is 35.2 Å². The number of amides is 1. The molecule has 1 unspecified atom stereocenters. The fourth-order valence-corrected chi connectivity index (χ4v) is 2.76. The van der Waals surface area contributed by atoms with E-state index in [1.165, 1.54) is 5.56 Å². The highest BCUT2D eigenvalue weighted by atomic mass is 79.9. The summed E-state index contributed by atoms with van der Waals surface area (Å²) in [6.45, 7) is 5.48. The van der Waals surface area contributed by atoms with Gasteiger partial charge in [0.2, 0.25) is 5.91 Å². The van der Waals surface area contributed by atoms with Gasteiger partial charge < -0.3 is 10.1 Å². The highest BCUT2D eigenvalue weighted by molar-refractivity contribution is 9.10. The van der Waals surface area contributed by atoms with E-state index in [4.69, 9.17) is 4.74 Å². The number of halogens is 1. The van der Waals surface area contributed by atoms with Crippen LogP contribution in [0.3, 0.4) is 0 Å². The molecule has 0 saturated heterocycles. The largest absolute Gasteiger partial charge is 0.493 e. The maximum atomic E-state index is 11.8. The highest BCUT2D eigenvalue weighted by Crippen LogP contribution is 2.32. The van der Waals surface area contributed by atoms with Crippen molar-refractivity contribution in [2.75, 3.05) is 6.61 Å². The number of fused-ring (bicyclic) bond motifs is 1. The molecule has 0 saturated carbocycles. The standard InChI is InChI=1S/C15H20BrNO2/c1-3-10(2)6-14(18)17-9-12-8-13(16)7-11-4-5-19-15(11)12/h7-8,10H,3-6,9H2,1-2H3,(H,17,18). The Labute approximate surface area is 122 Å². The number of benzene rings is 1. The molecular formula is C15H20BrNO2. The van der Waals surface area contributed by atoms with Gasteiger partial charge in [-0.15, -0.1) is 0 Å². The smallest absolute Gasteiger partial charge is 0.220 e. The van der Waals surface area contributed by atoms with Crippen LogP contribution in [0.2, 0.25) is 0 Å². The summed E-state index contributed by atoms with van der Waals surface area (Å²) in [5, 5.41) is 2.98. The molecule has 1 aromatic carbocycles. The molecule has 0 spiro atoms. The van der Waals surface area contributed by atoms with Gasteiger partial charge in [-0.1, -0.05) is 36.2 Å². The summed E-state index contributed by atoms with van der Waals surface area (Å²) >= 11 is 3.51. The minimum atomic E-state index is 0.112. The third kappa shape index (κ3) is 3.72. The normalized spacial score (nSPS) is 14.7. The second kappa shape index (κ2) is 6.42. The first-order chi connectivity index (χ1) is 9.10. The minimum Gasteiger partial charge on any atom is -0.493 e. The summed E-state index contributed by atoms with van der Waals surface area (Å²) in [4.78, 5) is 11.8. The Bertz CT molecular complexity index is 473. The van der Waals surface area contributed by atoms with Gasteiger partial charge in [-0.2, -0.15) is 0 Å². The molecule has 3 nitrogen and oxygen atoms in total. The Morgan fingerprint density at radius 2 is 2.32 bits per heavy atom. The van der Waals surface area contributed by atoms with Crippen LogP contribution in [-0.4, -0.2) is 12.5 Å². The monoisotopic (exact) mass is 325 g/mol. The van der Waals surface area contributed by atoms with Crippen LogP contribution < -0.4 is 10.1 Å². The van der Waals surface area contributed by atoms with Gasteiger partial charge in [0.15, 0.2) is 0 Å². The molecule has 0 bridgehead atoms. The van der Waals surface area contributed by atoms with Crippen LogP contribution in [0.25, 0.3) is 0 Å². The lowest BCUT2D eigenvalue weighted by Crippen LogP contribution is -2.24. The van der Waals surface area contributed by atoms with Crippen LogP contribution in [0.5, 0.6) is 5.75 Å². The molecule has 2 rings (SSSR count). The van der Waals surface area contributed by atoms with Gasteiger partial charge in [0, 0.05) is 29.4 Å². The van der Waals surface area contributed by atoms with Crippen LogP contribution in [0, 0.1) is 5.92 Å². The van der Waals surface area contributed by atoms with Gasteiger partial charge >= 0.3 is 0 Å². The zero-order valence-electron chi connectivity index (χ0n) is 11.5. The van der Waals surface area contributed by atoms with Gasteiger partial charge in [0.1, 0.15) is 5.75 Å². The summed E-state index contributed by atoms with van der Waals surface area (Å²) in [6.07, 6.45) is 2.57. The summed E-state index contributed by atoms with van der Waals surface area (Å²) < 4.78 is 6.69. The third-order valence-corrected chi connectivity index (χ3v) is 3.99. The topological polar surface area (TPSA) is 38.3 Å². The molecule has 0 fully saturated rings. The number of nitrogens with one attached hydrogen (secondary N) is 1. The maximum Gasteiger partial charge on any atom is 0.220 e. The Morgan fingerprint density at radius 1 is 1.53 bits per heavy atom. The molecular weight excluding hydrogens is 306 g/mol. The molecule has 0 aliphatic carbocycles. The number of carbonyl (C=O) groups excluding carboxylic acids is 1. The molecule has 104 valence electrons. The van der Waals surface area contributed by atoms with Crippen LogP contribution in [0.4, 0.5) is 0 Å². The van der Waals surface area contributed by atoms with Crippen LogP contribution in [-0.2, 0) is 17.8 Å². The molecule has 1 aromatic rings. The first-order valence-corrected chi connectivity index (χ1v) is 7.60. The first-order valence-electron chi connectivity index (χ1n) is 6.81. The van der Waals surface area contributed by atoms with Crippen molar-refractivity contribution in [3.63, 3.8) is 0 Å². The van der Waals surface area contributed by atoms with E-state index in [1.807, 2.05) is 6.07 Å². The van der Waals surface area contributed by atoms with Gasteiger partial charge in [-0.25, -0.2) is 0 Å². The molecule has 1 aliphatic heterocycles. The van der Waals surface area contributed by atoms with Crippen molar-refractivity contribution < 1.29 is 9.53 Å². The van der Waals surface area contributed by atoms with Crippen molar-refractivity contribution in [1.82, 2.24) is 5.32 Å². The average Bonchev–Trinajstić information content (AvgIpc) is 2.83. The van der Waals surface area contributed by atoms with E-state index >= 15 is 0 Å². The predicted octanol–water partition coefficient (Wildman–Crippen LogP) is 3.44. The molecule has 19 heavy (non-hydrogen) atoms. The van der Waals surface area contributed by atoms with Gasteiger partial charge in [-0.05, 0) is 23.6 Å². The van der Waals surface area contributed by atoms with Crippen molar-refractivity contribution in [2.45, 2.75) is 39.7 Å². The van der Waals surface area contributed by atoms with E-state index in [-0.39, 0.29) is 5.91 Å². The Morgan fingerprint density at radius 3 is 3.05 bits per heavy atom. The van der Waals surface area contributed by atoms with Crippen LogP contribution >= 0.6 is 15.9 Å². The Hall–Kier alpha value is -1.03. The Kier molecular flexibility index (Phi) is 4.86. The molecule has 1 atom stereocenters. The van der Waals surface area contributed by atoms with Crippen molar-refractivity contribution in [3.8, 4) is 5.75 Å². The number of hydrogen-bond donors (Lipinski definition) is 1. The van der Waals surface area contributed by atoms with Crippen molar-refractivity contribution in [3.05, 3.63) is 27.7 Å². The van der Waals surface area contributed by atoms with Gasteiger partial charge in [0.05, 0.1) is 6.61 Å². The lowest BCUT2D eigenvalue weighted by Gasteiger charge is -2.12. The number of rotatable bonds is 5. The third-order valence-electron chi connectivity index (χ3n) is 3.53. The predicted molar refractivity (Wildman–Crippen MR) is 79.3 cm³/mol. The van der Waals surface area contributed by atoms with Gasteiger partial charge in [-0.3, -0.25) is 4.79 Å². The van der Waals surface area contributed by atoms with E-state index in [0.29, 0.717) is 18.9 Å². The summed E-state index contributed by atoms with van der Waals surface area (Å²) in [5.74, 6) is 1.50. The molecule has 4 heteroatoms. The second-order valence-electron chi connectivity index (χ2n) is 5.15. The summed E-state index contributed by atoms with van der Waals surface area (Å²) in [7, 11) is 0. The van der Waals surface area contributed by atoms with E-state index < -0.39 is 0 Å². The fourth-order valence-electron chi connectivity index (χ4n) is 2.20.